The summed E-state index contributed by atoms with van der Waals surface area (Å²) in [6.07, 6.45) is 0.961. The van der Waals surface area contributed by atoms with E-state index in [1.54, 1.807) is 0 Å². The molecule has 0 saturated carbocycles. The fraction of sp³-hybridized carbons (Fsp3) is 0.556. The number of carbonyl (C=O) groups excluding carboxylic acids is 2. The van der Waals surface area contributed by atoms with Gasteiger partial charge in [0.2, 0.25) is 5.91 Å². The quantitative estimate of drug-likeness (QED) is 0.717. The Morgan fingerprint density at radius 3 is 2.33 bits per heavy atom. The average Bonchev–Trinajstić information content (AvgIpc) is 2.49. The Hall–Kier alpha value is -2.24. The van der Waals surface area contributed by atoms with Crippen LogP contribution in [-0.2, 0) is 4.79 Å². The maximum absolute atomic E-state index is 11.9. The van der Waals surface area contributed by atoms with Crippen LogP contribution in [0.4, 0.5) is 4.79 Å². The lowest BCUT2D eigenvalue weighted by Gasteiger charge is -2.21. The minimum atomic E-state index is -0.377. The van der Waals surface area contributed by atoms with E-state index in [9.17, 15) is 9.59 Å². The molecule has 1 aromatic rings. The van der Waals surface area contributed by atoms with Crippen LogP contribution in [0.3, 0.4) is 0 Å². The van der Waals surface area contributed by atoms with E-state index in [0.717, 1.165) is 17.7 Å². The number of nitrogens with one attached hydrogen (secondary N) is 3. The Balaban J connectivity index is 2.42. The van der Waals surface area contributed by atoms with E-state index in [1.807, 2.05) is 52.0 Å². The maximum atomic E-state index is 11.9. The topological polar surface area (TPSA) is 79.5 Å². The number of amides is 3. The van der Waals surface area contributed by atoms with E-state index in [1.165, 1.54) is 0 Å². The van der Waals surface area contributed by atoms with Crippen molar-refractivity contribution in [1.82, 2.24) is 16.0 Å². The van der Waals surface area contributed by atoms with Crippen molar-refractivity contribution in [2.45, 2.75) is 52.6 Å². The number of rotatable bonds is 7. The molecule has 0 bridgehead atoms. The summed E-state index contributed by atoms with van der Waals surface area (Å²) in [6.45, 7) is 10.2. The van der Waals surface area contributed by atoms with Gasteiger partial charge in [-0.3, -0.25) is 4.79 Å². The molecule has 1 rings (SSSR count). The first-order valence-electron chi connectivity index (χ1n) is 8.29. The fourth-order valence-corrected chi connectivity index (χ4v) is 2.03. The fourth-order valence-electron chi connectivity index (χ4n) is 2.03. The summed E-state index contributed by atoms with van der Waals surface area (Å²) in [4.78, 5) is 23.6. The second-order valence-electron chi connectivity index (χ2n) is 6.76. The zero-order valence-corrected chi connectivity index (χ0v) is 15.2. The average molecular weight is 335 g/mol. The Kier molecular flexibility index (Phi) is 7.55. The molecule has 1 atom stereocenters. The molecule has 24 heavy (non-hydrogen) atoms. The van der Waals surface area contributed by atoms with Gasteiger partial charge < -0.3 is 20.7 Å². The predicted octanol–water partition coefficient (Wildman–Crippen LogP) is 2.75. The third-order valence-electron chi connectivity index (χ3n) is 3.12. The normalized spacial score (nSPS) is 12.2. The van der Waals surface area contributed by atoms with E-state index >= 15 is 0 Å². The van der Waals surface area contributed by atoms with Gasteiger partial charge in [-0.2, -0.15) is 0 Å². The molecule has 3 N–H and O–H groups in total. The summed E-state index contributed by atoms with van der Waals surface area (Å²) in [5, 5.41) is 8.15. The molecule has 0 aromatic heterocycles. The SMILES string of the molecule is CCCOc1ccc([C@@H](C)NC(=O)NCC(=O)NC(C)(C)C)cc1. The second-order valence-corrected chi connectivity index (χ2v) is 6.76. The van der Waals surface area contributed by atoms with Crippen LogP contribution in [0.15, 0.2) is 24.3 Å². The van der Waals surface area contributed by atoms with E-state index in [0.29, 0.717) is 6.61 Å². The van der Waals surface area contributed by atoms with Crippen LogP contribution in [0.5, 0.6) is 5.75 Å². The van der Waals surface area contributed by atoms with Gasteiger partial charge in [0, 0.05) is 5.54 Å². The monoisotopic (exact) mass is 335 g/mol. The van der Waals surface area contributed by atoms with Crippen LogP contribution in [0.2, 0.25) is 0 Å². The van der Waals surface area contributed by atoms with Gasteiger partial charge in [0.15, 0.2) is 0 Å². The first-order chi connectivity index (χ1) is 11.2. The molecule has 134 valence electrons. The number of hydrogen-bond acceptors (Lipinski definition) is 3. The van der Waals surface area contributed by atoms with Gasteiger partial charge in [-0.1, -0.05) is 19.1 Å². The van der Waals surface area contributed by atoms with Gasteiger partial charge in [0.05, 0.1) is 19.2 Å². The van der Waals surface area contributed by atoms with Crippen molar-refractivity contribution in [3.05, 3.63) is 29.8 Å². The Bertz CT molecular complexity index is 535. The molecule has 0 aliphatic heterocycles. The van der Waals surface area contributed by atoms with E-state index in [4.69, 9.17) is 4.74 Å². The van der Waals surface area contributed by atoms with Crippen LogP contribution in [0, 0.1) is 0 Å². The molecule has 1 aromatic carbocycles. The maximum Gasteiger partial charge on any atom is 0.315 e. The van der Waals surface area contributed by atoms with Crippen molar-refractivity contribution in [3.63, 3.8) is 0 Å². The number of urea groups is 1. The zero-order valence-electron chi connectivity index (χ0n) is 15.2. The van der Waals surface area contributed by atoms with Gasteiger partial charge in [-0.05, 0) is 51.8 Å². The molecule has 6 heteroatoms. The van der Waals surface area contributed by atoms with Crippen molar-refractivity contribution < 1.29 is 14.3 Å². The van der Waals surface area contributed by atoms with Crippen LogP contribution in [0.25, 0.3) is 0 Å². The van der Waals surface area contributed by atoms with E-state index in [-0.39, 0.29) is 30.1 Å². The van der Waals surface area contributed by atoms with Crippen molar-refractivity contribution in [1.29, 1.82) is 0 Å². The molecule has 6 nitrogen and oxygen atoms in total. The van der Waals surface area contributed by atoms with Crippen molar-refractivity contribution in [2.24, 2.45) is 0 Å². The highest BCUT2D eigenvalue weighted by Gasteiger charge is 2.15. The van der Waals surface area contributed by atoms with Gasteiger partial charge in [0.1, 0.15) is 5.75 Å². The van der Waals surface area contributed by atoms with E-state index < -0.39 is 0 Å². The van der Waals surface area contributed by atoms with Crippen molar-refractivity contribution >= 4 is 11.9 Å². The van der Waals surface area contributed by atoms with E-state index in [2.05, 4.69) is 22.9 Å². The van der Waals surface area contributed by atoms with Gasteiger partial charge >= 0.3 is 6.03 Å². The second kappa shape index (κ2) is 9.15. The van der Waals surface area contributed by atoms with Gasteiger partial charge in [0.25, 0.3) is 0 Å². The minimum absolute atomic E-state index is 0.0559. The summed E-state index contributed by atoms with van der Waals surface area (Å²) >= 11 is 0. The molecular weight excluding hydrogens is 306 g/mol. The number of carbonyl (C=O) groups is 2. The highest BCUT2D eigenvalue weighted by molar-refractivity contribution is 5.84. The van der Waals surface area contributed by atoms with Crippen LogP contribution in [-0.4, -0.2) is 30.6 Å². The third-order valence-corrected chi connectivity index (χ3v) is 3.12. The number of hydrogen-bond donors (Lipinski definition) is 3. The highest BCUT2D eigenvalue weighted by Crippen LogP contribution is 2.17. The standard InChI is InChI=1S/C18H29N3O3/c1-6-11-24-15-9-7-14(8-10-15)13(2)20-17(23)19-12-16(22)21-18(3,4)5/h7-10,13H,6,11-12H2,1-5H3,(H,21,22)(H2,19,20,23)/t13-/m1/s1. The number of ether oxygens (including phenoxy) is 1. The third kappa shape index (κ3) is 7.85. The van der Waals surface area contributed by atoms with Crippen LogP contribution >= 0.6 is 0 Å². The largest absolute Gasteiger partial charge is 0.494 e. The van der Waals surface area contributed by atoms with Crippen LogP contribution in [0.1, 0.15) is 52.6 Å². The lowest BCUT2D eigenvalue weighted by Crippen LogP contribution is -2.47. The summed E-state index contributed by atoms with van der Waals surface area (Å²) < 4.78 is 5.53. The van der Waals surface area contributed by atoms with Gasteiger partial charge in [-0.15, -0.1) is 0 Å². The van der Waals surface area contributed by atoms with Gasteiger partial charge in [-0.25, -0.2) is 4.79 Å². The zero-order chi connectivity index (χ0) is 18.2. The smallest absolute Gasteiger partial charge is 0.315 e. The first kappa shape index (κ1) is 19.8. The summed E-state index contributed by atoms with van der Waals surface area (Å²) in [5.74, 6) is 0.596. The molecule has 0 aliphatic rings. The molecule has 0 heterocycles. The molecule has 0 unspecified atom stereocenters. The first-order valence-corrected chi connectivity index (χ1v) is 8.29. The molecular formula is C18H29N3O3. The van der Waals surface area contributed by atoms with Crippen LogP contribution < -0.4 is 20.7 Å². The Labute approximate surface area is 144 Å². The Morgan fingerprint density at radius 2 is 1.79 bits per heavy atom. The highest BCUT2D eigenvalue weighted by atomic mass is 16.5. The summed E-state index contributed by atoms with van der Waals surface area (Å²) in [7, 11) is 0. The van der Waals surface area contributed by atoms with Crippen molar-refractivity contribution in [2.75, 3.05) is 13.2 Å². The Morgan fingerprint density at radius 1 is 1.17 bits per heavy atom. The molecule has 3 amide bonds. The molecule has 0 saturated heterocycles. The molecule has 0 aliphatic carbocycles. The molecule has 0 spiro atoms. The summed E-state index contributed by atoms with van der Waals surface area (Å²) in [6, 6.07) is 7.06. The lowest BCUT2D eigenvalue weighted by molar-refractivity contribution is -0.121. The lowest BCUT2D eigenvalue weighted by atomic mass is 10.1. The minimum Gasteiger partial charge on any atom is -0.494 e. The molecule has 0 radical (unpaired) electrons. The summed E-state index contributed by atoms with van der Waals surface area (Å²) in [5.41, 5.74) is 0.651. The molecule has 0 fully saturated rings. The number of benzene rings is 1. The van der Waals surface area contributed by atoms with Crippen molar-refractivity contribution in [3.8, 4) is 5.75 Å². The predicted molar refractivity (Wildman–Crippen MR) is 95.1 cm³/mol.